The van der Waals surface area contributed by atoms with Gasteiger partial charge < -0.3 is 9.72 Å². The summed E-state index contributed by atoms with van der Waals surface area (Å²) in [5, 5.41) is 0.574. The number of rotatable bonds is 5. The normalized spacial score (nSPS) is 15.6. The minimum Gasteiger partial charge on any atom is -0.495 e. The van der Waals surface area contributed by atoms with E-state index < -0.39 is 0 Å². The molecule has 0 radical (unpaired) electrons. The van der Waals surface area contributed by atoms with Crippen molar-refractivity contribution in [3.05, 3.63) is 68.6 Å². The number of allylic oxidation sites excluding steroid dienone is 1. The summed E-state index contributed by atoms with van der Waals surface area (Å²) in [5.41, 5.74) is 3.66. The molecule has 0 atom stereocenters. The zero-order chi connectivity index (χ0) is 17.8. The van der Waals surface area contributed by atoms with E-state index in [1.54, 1.807) is 7.11 Å². The molecule has 1 aromatic heterocycles. The molecule has 0 spiro atoms. The highest BCUT2D eigenvalue weighted by atomic mass is 35.5. The molecule has 0 saturated heterocycles. The van der Waals surface area contributed by atoms with Crippen LogP contribution in [-0.2, 0) is 6.42 Å². The topological polar surface area (TPSA) is 42.1 Å². The van der Waals surface area contributed by atoms with Crippen molar-refractivity contribution < 1.29 is 4.74 Å². The van der Waals surface area contributed by atoms with E-state index in [1.807, 2.05) is 37.3 Å². The van der Waals surface area contributed by atoms with Gasteiger partial charge >= 0.3 is 0 Å². The molecular formula is C21H24ClNO2. The van der Waals surface area contributed by atoms with Gasteiger partial charge in [0.1, 0.15) is 5.75 Å². The predicted octanol–water partition coefficient (Wildman–Crippen LogP) is 5.22. The molecule has 3 rings (SSSR count). The molecule has 2 aromatic rings. The second-order valence-electron chi connectivity index (χ2n) is 6.55. The first-order valence-corrected chi connectivity index (χ1v) is 9.28. The first-order chi connectivity index (χ1) is 12.1. The van der Waals surface area contributed by atoms with Crippen molar-refractivity contribution in [2.45, 2.75) is 39.0 Å². The van der Waals surface area contributed by atoms with Gasteiger partial charge in [-0.05, 0) is 48.9 Å². The van der Waals surface area contributed by atoms with Gasteiger partial charge in [0.2, 0.25) is 0 Å². The summed E-state index contributed by atoms with van der Waals surface area (Å²) in [5.74, 6) is 1.20. The van der Waals surface area contributed by atoms with Crippen molar-refractivity contribution in [2.24, 2.45) is 5.92 Å². The maximum Gasteiger partial charge on any atom is 0.251 e. The number of ether oxygens (including phenoxy) is 1. The number of hydrogen-bond donors (Lipinski definition) is 1. The monoisotopic (exact) mass is 357 g/mol. The zero-order valence-electron chi connectivity index (χ0n) is 14.8. The van der Waals surface area contributed by atoms with E-state index >= 15 is 0 Å². The Morgan fingerprint density at radius 3 is 2.64 bits per heavy atom. The summed E-state index contributed by atoms with van der Waals surface area (Å²) in [7, 11) is 1.61. The average molecular weight is 358 g/mol. The van der Waals surface area contributed by atoms with Gasteiger partial charge in [-0.15, -0.1) is 0 Å². The number of aryl methyl sites for hydroxylation is 1. The minimum atomic E-state index is -0.0167. The molecule has 132 valence electrons. The van der Waals surface area contributed by atoms with E-state index in [-0.39, 0.29) is 5.56 Å². The molecule has 0 aliphatic heterocycles. The van der Waals surface area contributed by atoms with Crippen LogP contribution in [0, 0.1) is 5.92 Å². The van der Waals surface area contributed by atoms with Crippen LogP contribution in [0.3, 0.4) is 0 Å². The Labute approximate surface area is 153 Å². The molecule has 1 aliphatic carbocycles. The highest BCUT2D eigenvalue weighted by molar-refractivity contribution is 6.32. The molecule has 1 fully saturated rings. The fraction of sp³-hybridized carbons (Fsp3) is 0.381. The smallest absolute Gasteiger partial charge is 0.251 e. The summed E-state index contributed by atoms with van der Waals surface area (Å²) in [4.78, 5) is 15.3. The Morgan fingerprint density at radius 1 is 1.28 bits per heavy atom. The first-order valence-electron chi connectivity index (χ1n) is 8.90. The Kier molecular flexibility index (Phi) is 5.64. The lowest BCUT2D eigenvalue weighted by atomic mass is 9.95. The van der Waals surface area contributed by atoms with Crippen molar-refractivity contribution >= 4 is 17.2 Å². The second-order valence-corrected chi connectivity index (χ2v) is 6.96. The summed E-state index contributed by atoms with van der Waals surface area (Å²) in [6.07, 6.45) is 7.95. The van der Waals surface area contributed by atoms with Gasteiger partial charge in [0.15, 0.2) is 0 Å². The van der Waals surface area contributed by atoms with E-state index in [0.717, 1.165) is 28.8 Å². The molecule has 1 heterocycles. The Bertz CT molecular complexity index is 832. The van der Waals surface area contributed by atoms with Crippen molar-refractivity contribution in [3.63, 3.8) is 0 Å². The summed E-state index contributed by atoms with van der Waals surface area (Å²) in [6.45, 7) is 1.99. The lowest BCUT2D eigenvalue weighted by Gasteiger charge is -2.13. The lowest BCUT2D eigenvalue weighted by Crippen LogP contribution is -2.13. The van der Waals surface area contributed by atoms with Crippen molar-refractivity contribution in [2.75, 3.05) is 7.11 Å². The minimum absolute atomic E-state index is 0.0167. The van der Waals surface area contributed by atoms with Gasteiger partial charge in [-0.2, -0.15) is 0 Å². The third kappa shape index (κ3) is 3.98. The van der Waals surface area contributed by atoms with Crippen molar-refractivity contribution in [3.8, 4) is 5.75 Å². The molecule has 1 saturated carbocycles. The third-order valence-corrected chi connectivity index (χ3v) is 5.22. The quantitative estimate of drug-likeness (QED) is 0.796. The van der Waals surface area contributed by atoms with Gasteiger partial charge in [0.25, 0.3) is 5.56 Å². The van der Waals surface area contributed by atoms with Gasteiger partial charge in [0, 0.05) is 16.8 Å². The molecule has 1 aliphatic rings. The molecule has 1 aromatic carbocycles. The van der Waals surface area contributed by atoms with Gasteiger partial charge in [-0.25, -0.2) is 0 Å². The van der Waals surface area contributed by atoms with E-state index in [4.69, 9.17) is 16.3 Å². The van der Waals surface area contributed by atoms with Crippen LogP contribution < -0.4 is 10.3 Å². The maximum atomic E-state index is 12.3. The number of nitrogens with one attached hydrogen (secondary N) is 1. The molecule has 4 heteroatoms. The number of aromatic nitrogens is 1. The zero-order valence-corrected chi connectivity index (χ0v) is 15.5. The van der Waals surface area contributed by atoms with Crippen LogP contribution in [0.5, 0.6) is 5.75 Å². The highest BCUT2D eigenvalue weighted by Crippen LogP contribution is 2.34. The van der Waals surface area contributed by atoms with Crippen LogP contribution in [-0.4, -0.2) is 12.1 Å². The number of aromatic amines is 1. The fourth-order valence-electron chi connectivity index (χ4n) is 3.47. The second kappa shape index (κ2) is 7.92. The highest BCUT2D eigenvalue weighted by Gasteiger charge is 2.17. The molecular weight excluding hydrogens is 334 g/mol. The van der Waals surface area contributed by atoms with Crippen LogP contribution in [0.25, 0.3) is 5.57 Å². The molecule has 0 unspecified atom stereocenters. The Morgan fingerprint density at radius 2 is 2.04 bits per heavy atom. The first kappa shape index (κ1) is 17.8. The molecule has 0 amide bonds. The van der Waals surface area contributed by atoms with E-state index in [9.17, 15) is 4.79 Å². The lowest BCUT2D eigenvalue weighted by molar-refractivity contribution is 0.415. The van der Waals surface area contributed by atoms with Gasteiger partial charge in [-0.3, -0.25) is 4.79 Å². The van der Waals surface area contributed by atoms with Crippen molar-refractivity contribution in [1.29, 1.82) is 0 Å². The number of H-pyrrole nitrogens is 1. The summed E-state index contributed by atoms with van der Waals surface area (Å²) < 4.78 is 5.26. The van der Waals surface area contributed by atoms with Crippen LogP contribution in [0.1, 0.15) is 49.4 Å². The number of hydrogen-bond acceptors (Lipinski definition) is 2. The number of pyridine rings is 1. The van der Waals surface area contributed by atoms with Crippen LogP contribution >= 0.6 is 11.6 Å². The fourth-order valence-corrected chi connectivity index (χ4v) is 3.73. The molecule has 3 nitrogen and oxygen atoms in total. The molecule has 25 heavy (non-hydrogen) atoms. The van der Waals surface area contributed by atoms with Crippen LogP contribution in [0.2, 0.25) is 5.02 Å². The van der Waals surface area contributed by atoms with E-state index in [2.05, 4.69) is 11.1 Å². The largest absolute Gasteiger partial charge is 0.495 e. The van der Waals surface area contributed by atoms with E-state index in [1.165, 1.54) is 25.7 Å². The third-order valence-electron chi connectivity index (χ3n) is 4.93. The maximum absolute atomic E-state index is 12.3. The van der Waals surface area contributed by atoms with Gasteiger partial charge in [0.05, 0.1) is 12.1 Å². The number of halogens is 1. The standard InChI is InChI=1S/C21H24ClNO2/c1-3-15-8-10-19(23-21(15)24)17(12-14-6-4-5-7-14)16-9-11-20(25-2)18(22)13-16/h8-14H,3-7H2,1-2H3,(H,23,24). The Balaban J connectivity index is 2.08. The van der Waals surface area contributed by atoms with Gasteiger partial charge in [-0.1, -0.05) is 49.6 Å². The van der Waals surface area contributed by atoms with Crippen LogP contribution in [0.4, 0.5) is 0 Å². The molecule has 1 N–H and O–H groups in total. The number of methoxy groups -OCH3 is 1. The Hall–Kier alpha value is -2.00. The van der Waals surface area contributed by atoms with Crippen LogP contribution in [0.15, 0.2) is 41.2 Å². The summed E-state index contributed by atoms with van der Waals surface area (Å²) in [6, 6.07) is 9.70. The molecule has 0 bridgehead atoms. The average Bonchev–Trinajstić information content (AvgIpc) is 3.13. The number of benzene rings is 1. The SMILES string of the molecule is CCc1ccc(C(=CC2CCCC2)c2ccc(OC)c(Cl)c2)[nH]c1=O. The predicted molar refractivity (Wildman–Crippen MR) is 103 cm³/mol. The van der Waals surface area contributed by atoms with Crippen molar-refractivity contribution in [1.82, 2.24) is 4.98 Å². The summed E-state index contributed by atoms with van der Waals surface area (Å²) >= 11 is 6.33. The van der Waals surface area contributed by atoms with E-state index in [0.29, 0.717) is 16.7 Å².